The average molecular weight is 472 g/mol. The van der Waals surface area contributed by atoms with Crippen molar-refractivity contribution in [2.45, 2.75) is 6.04 Å². The van der Waals surface area contributed by atoms with Gasteiger partial charge in [0.05, 0.1) is 29.3 Å². The first-order chi connectivity index (χ1) is 15.3. The molecule has 8 heteroatoms. The number of nitrogens with zero attached hydrogens (tertiary/aromatic N) is 1. The lowest BCUT2D eigenvalue weighted by molar-refractivity contribution is -0.132. The maximum Gasteiger partial charge on any atom is 0.300 e. The van der Waals surface area contributed by atoms with Crippen LogP contribution in [0.4, 0.5) is 10.1 Å². The van der Waals surface area contributed by atoms with Crippen LogP contribution in [-0.4, -0.2) is 23.9 Å². The molecule has 4 rings (SSSR count). The molecule has 1 N–H and O–H groups in total. The van der Waals surface area contributed by atoms with Gasteiger partial charge in [0.15, 0.2) is 0 Å². The topological polar surface area (TPSA) is 66.8 Å². The number of amides is 1. The van der Waals surface area contributed by atoms with E-state index in [2.05, 4.69) is 0 Å². The molecule has 3 aromatic rings. The molecule has 162 valence electrons. The Balaban J connectivity index is 1.98. The van der Waals surface area contributed by atoms with Crippen molar-refractivity contribution in [3.05, 3.63) is 99.3 Å². The number of rotatable bonds is 4. The predicted octanol–water partition coefficient (Wildman–Crippen LogP) is 5.77. The number of benzene rings is 3. The van der Waals surface area contributed by atoms with Crippen LogP contribution >= 0.6 is 23.2 Å². The van der Waals surface area contributed by atoms with Gasteiger partial charge in [-0.2, -0.15) is 0 Å². The molecule has 1 saturated heterocycles. The minimum absolute atomic E-state index is 0.151. The van der Waals surface area contributed by atoms with Crippen LogP contribution in [0.25, 0.3) is 5.76 Å². The second kappa shape index (κ2) is 8.65. The molecule has 0 saturated carbocycles. The minimum atomic E-state index is -0.985. The van der Waals surface area contributed by atoms with Gasteiger partial charge >= 0.3 is 0 Å². The van der Waals surface area contributed by atoms with E-state index in [1.165, 1.54) is 30.2 Å². The fraction of sp³-hybridized carbons (Fsp3) is 0.0833. The SMILES string of the molecule is COc1ccc(Cl)cc1/C(O)=C1\C(=O)C(=O)N(c2ccc(F)c(Cl)c2)C1c1ccccc1. The number of methoxy groups -OCH3 is 1. The van der Waals surface area contributed by atoms with Crippen molar-refractivity contribution in [2.75, 3.05) is 12.0 Å². The van der Waals surface area contributed by atoms with Crippen LogP contribution in [0.1, 0.15) is 17.2 Å². The van der Waals surface area contributed by atoms with Gasteiger partial charge < -0.3 is 9.84 Å². The molecule has 0 aliphatic carbocycles. The molecule has 0 aromatic heterocycles. The van der Waals surface area contributed by atoms with E-state index in [0.29, 0.717) is 10.6 Å². The fourth-order valence-corrected chi connectivity index (χ4v) is 4.04. The summed E-state index contributed by atoms with van der Waals surface area (Å²) in [7, 11) is 1.41. The first-order valence-corrected chi connectivity index (χ1v) is 10.2. The standard InChI is InChI=1S/C24H16Cl2FNO4/c1-32-19-10-7-14(25)11-16(19)22(29)20-21(13-5-3-2-4-6-13)28(24(31)23(20)30)15-8-9-18(27)17(26)12-15/h2-12,21,29H,1H3/b22-20+. The van der Waals surface area contributed by atoms with Crippen molar-refractivity contribution in [3.8, 4) is 5.75 Å². The van der Waals surface area contributed by atoms with Gasteiger partial charge in [-0.15, -0.1) is 0 Å². The molecule has 0 bridgehead atoms. The zero-order chi connectivity index (χ0) is 23.0. The number of ether oxygens (including phenoxy) is 1. The van der Waals surface area contributed by atoms with Crippen molar-refractivity contribution in [3.63, 3.8) is 0 Å². The normalized spacial score (nSPS) is 17.6. The molecule has 0 spiro atoms. The smallest absolute Gasteiger partial charge is 0.300 e. The number of carbonyl (C=O) groups excluding carboxylic acids is 2. The zero-order valence-electron chi connectivity index (χ0n) is 16.7. The summed E-state index contributed by atoms with van der Waals surface area (Å²) in [5.41, 5.74) is 0.789. The van der Waals surface area contributed by atoms with E-state index in [4.69, 9.17) is 27.9 Å². The largest absolute Gasteiger partial charge is 0.507 e. The summed E-state index contributed by atoms with van der Waals surface area (Å²) in [6.45, 7) is 0. The Morgan fingerprint density at radius 3 is 2.41 bits per heavy atom. The maximum atomic E-state index is 13.7. The molecule has 3 aromatic carbocycles. The van der Waals surface area contributed by atoms with Crippen LogP contribution in [0.3, 0.4) is 0 Å². The number of hydrogen-bond acceptors (Lipinski definition) is 4. The Morgan fingerprint density at radius 1 is 1.03 bits per heavy atom. The second-order valence-corrected chi connectivity index (χ2v) is 7.87. The maximum absolute atomic E-state index is 13.7. The number of aliphatic hydroxyl groups excluding tert-OH is 1. The Labute approximate surface area is 193 Å². The first kappa shape index (κ1) is 21.9. The van der Waals surface area contributed by atoms with Crippen molar-refractivity contribution >= 4 is 46.3 Å². The molecule has 1 heterocycles. The molecule has 1 aliphatic rings. The second-order valence-electron chi connectivity index (χ2n) is 7.02. The molecule has 1 amide bonds. The van der Waals surface area contributed by atoms with Gasteiger partial charge in [-0.05, 0) is 42.0 Å². The number of ketones is 1. The summed E-state index contributed by atoms with van der Waals surface area (Å²) in [6.07, 6.45) is 0. The van der Waals surface area contributed by atoms with Crippen LogP contribution < -0.4 is 9.64 Å². The van der Waals surface area contributed by atoms with Gasteiger partial charge in [0.25, 0.3) is 11.7 Å². The molecular weight excluding hydrogens is 456 g/mol. The van der Waals surface area contributed by atoms with Gasteiger partial charge in [-0.3, -0.25) is 14.5 Å². The van der Waals surface area contributed by atoms with E-state index in [1.54, 1.807) is 42.5 Å². The molecule has 1 aliphatic heterocycles. The van der Waals surface area contributed by atoms with E-state index >= 15 is 0 Å². The Kier molecular flexibility index (Phi) is 5.91. The van der Waals surface area contributed by atoms with Gasteiger partial charge in [0, 0.05) is 10.7 Å². The number of hydrogen-bond donors (Lipinski definition) is 1. The highest BCUT2D eigenvalue weighted by molar-refractivity contribution is 6.52. The predicted molar refractivity (Wildman–Crippen MR) is 121 cm³/mol. The highest BCUT2D eigenvalue weighted by atomic mass is 35.5. The lowest BCUT2D eigenvalue weighted by atomic mass is 9.95. The van der Waals surface area contributed by atoms with Crippen molar-refractivity contribution in [2.24, 2.45) is 0 Å². The van der Waals surface area contributed by atoms with Crippen molar-refractivity contribution in [1.82, 2.24) is 0 Å². The molecule has 32 heavy (non-hydrogen) atoms. The minimum Gasteiger partial charge on any atom is -0.507 e. The lowest BCUT2D eigenvalue weighted by Gasteiger charge is -2.25. The highest BCUT2D eigenvalue weighted by Gasteiger charge is 2.47. The third kappa shape index (κ3) is 3.72. The first-order valence-electron chi connectivity index (χ1n) is 9.48. The molecule has 0 radical (unpaired) electrons. The Hall–Kier alpha value is -3.35. The third-order valence-electron chi connectivity index (χ3n) is 5.16. The monoisotopic (exact) mass is 471 g/mol. The van der Waals surface area contributed by atoms with E-state index in [1.807, 2.05) is 0 Å². The van der Waals surface area contributed by atoms with E-state index in [0.717, 1.165) is 6.07 Å². The summed E-state index contributed by atoms with van der Waals surface area (Å²) in [4.78, 5) is 27.4. The van der Waals surface area contributed by atoms with Crippen molar-refractivity contribution < 1.29 is 23.8 Å². The highest BCUT2D eigenvalue weighted by Crippen LogP contribution is 2.44. The van der Waals surface area contributed by atoms with Crippen LogP contribution in [0.2, 0.25) is 10.0 Å². The summed E-state index contributed by atoms with van der Waals surface area (Å²) >= 11 is 12.0. The molecule has 1 atom stereocenters. The van der Waals surface area contributed by atoms with E-state index in [9.17, 15) is 19.1 Å². The van der Waals surface area contributed by atoms with Crippen molar-refractivity contribution in [1.29, 1.82) is 0 Å². The molecule has 5 nitrogen and oxygen atoms in total. The van der Waals surface area contributed by atoms with Crippen LogP contribution in [0.15, 0.2) is 72.3 Å². The van der Waals surface area contributed by atoms with Gasteiger partial charge in [-0.1, -0.05) is 53.5 Å². The summed E-state index contributed by atoms with van der Waals surface area (Å²) < 4.78 is 19.1. The number of Topliss-reactive ketones (excluding diaryl/α,β-unsaturated/α-hetero) is 1. The van der Waals surface area contributed by atoms with Crippen LogP contribution in [0.5, 0.6) is 5.75 Å². The van der Waals surface area contributed by atoms with E-state index < -0.39 is 29.3 Å². The van der Waals surface area contributed by atoms with Gasteiger partial charge in [-0.25, -0.2) is 4.39 Å². The van der Waals surface area contributed by atoms with E-state index in [-0.39, 0.29) is 27.6 Å². The zero-order valence-corrected chi connectivity index (χ0v) is 18.2. The number of aliphatic hydroxyl groups is 1. The quantitative estimate of drug-likeness (QED) is 0.298. The van der Waals surface area contributed by atoms with Gasteiger partial charge in [0.1, 0.15) is 17.3 Å². The fourth-order valence-electron chi connectivity index (χ4n) is 3.69. The van der Waals surface area contributed by atoms with Gasteiger partial charge in [0.2, 0.25) is 0 Å². The number of anilines is 1. The molecule has 1 unspecified atom stereocenters. The number of carbonyl (C=O) groups is 2. The summed E-state index contributed by atoms with van der Waals surface area (Å²) in [6, 6.07) is 16.0. The number of halogens is 3. The molecular formula is C24H16Cl2FNO4. The Morgan fingerprint density at radius 2 is 1.75 bits per heavy atom. The summed E-state index contributed by atoms with van der Waals surface area (Å²) in [5, 5.41) is 11.3. The molecule has 1 fully saturated rings. The lowest BCUT2D eigenvalue weighted by Crippen LogP contribution is -2.29. The van der Waals surface area contributed by atoms with Crippen LogP contribution in [-0.2, 0) is 9.59 Å². The summed E-state index contributed by atoms with van der Waals surface area (Å²) in [5.74, 6) is -2.61. The third-order valence-corrected chi connectivity index (χ3v) is 5.68. The average Bonchev–Trinajstić information content (AvgIpc) is 3.06. The Bertz CT molecular complexity index is 1260. The van der Waals surface area contributed by atoms with Crippen LogP contribution in [0, 0.1) is 5.82 Å².